The van der Waals surface area contributed by atoms with Gasteiger partial charge in [0.1, 0.15) is 5.75 Å². The zero-order chi connectivity index (χ0) is 15.2. The number of nitrogens with zero attached hydrogens (tertiary/aromatic N) is 1. The molecule has 2 atom stereocenters. The van der Waals surface area contributed by atoms with Crippen LogP contribution in [0.5, 0.6) is 5.75 Å². The van der Waals surface area contributed by atoms with Crippen LogP contribution in [0.4, 0.5) is 8.78 Å². The van der Waals surface area contributed by atoms with Gasteiger partial charge in [-0.25, -0.2) is 0 Å². The van der Waals surface area contributed by atoms with E-state index >= 15 is 0 Å². The first-order chi connectivity index (χ1) is 10.1. The van der Waals surface area contributed by atoms with Crippen LogP contribution in [0, 0.1) is 5.92 Å². The van der Waals surface area contributed by atoms with Gasteiger partial charge in [0, 0.05) is 12.6 Å². The Bertz CT molecular complexity index is 429. The molecule has 2 rings (SSSR count). The predicted octanol–water partition coefficient (Wildman–Crippen LogP) is 3.70. The van der Waals surface area contributed by atoms with Crippen molar-refractivity contribution in [1.82, 2.24) is 10.2 Å². The second-order valence-corrected chi connectivity index (χ2v) is 5.68. The molecule has 0 radical (unpaired) electrons. The van der Waals surface area contributed by atoms with E-state index in [9.17, 15) is 8.78 Å². The van der Waals surface area contributed by atoms with Crippen molar-refractivity contribution in [3.05, 3.63) is 29.8 Å². The lowest BCUT2D eigenvalue weighted by atomic mass is 9.95. The van der Waals surface area contributed by atoms with Crippen LogP contribution in [-0.2, 0) is 0 Å². The Morgan fingerprint density at radius 1 is 1.32 bits per heavy atom. The van der Waals surface area contributed by atoms with Crippen LogP contribution in [0.1, 0.15) is 31.4 Å². The average molecular weight is 335 g/mol. The molecular weight excluding hydrogens is 310 g/mol. The third-order valence-electron chi connectivity index (χ3n) is 4.18. The number of hydrogen-bond acceptors (Lipinski definition) is 3. The quantitative estimate of drug-likeness (QED) is 0.858. The van der Waals surface area contributed by atoms with Crippen LogP contribution in [0.3, 0.4) is 0 Å². The number of halogens is 3. The van der Waals surface area contributed by atoms with Gasteiger partial charge in [0.25, 0.3) is 0 Å². The summed E-state index contributed by atoms with van der Waals surface area (Å²) in [6.45, 7) is 2.63. The molecule has 0 aliphatic carbocycles. The number of benzene rings is 1. The van der Waals surface area contributed by atoms with Gasteiger partial charge in [-0.15, -0.1) is 12.4 Å². The molecule has 1 aromatic rings. The molecule has 0 amide bonds. The molecular formula is C16H25ClF2N2O. The van der Waals surface area contributed by atoms with Gasteiger partial charge in [0.15, 0.2) is 0 Å². The highest BCUT2D eigenvalue weighted by molar-refractivity contribution is 5.85. The summed E-state index contributed by atoms with van der Waals surface area (Å²) in [6.07, 6.45) is 2.48. The molecule has 1 aliphatic rings. The summed E-state index contributed by atoms with van der Waals surface area (Å²) in [7, 11) is 1.99. The van der Waals surface area contributed by atoms with E-state index in [1.807, 2.05) is 19.2 Å². The molecule has 22 heavy (non-hydrogen) atoms. The van der Waals surface area contributed by atoms with E-state index in [0.717, 1.165) is 25.2 Å². The minimum absolute atomic E-state index is 0. The Hall–Kier alpha value is -0.910. The van der Waals surface area contributed by atoms with E-state index in [1.54, 1.807) is 12.1 Å². The van der Waals surface area contributed by atoms with Gasteiger partial charge in [-0.3, -0.25) is 4.90 Å². The lowest BCUT2D eigenvalue weighted by molar-refractivity contribution is -0.0498. The van der Waals surface area contributed by atoms with Crippen LogP contribution in [-0.4, -0.2) is 38.2 Å². The topological polar surface area (TPSA) is 24.5 Å². The highest BCUT2D eigenvalue weighted by atomic mass is 35.5. The fourth-order valence-electron chi connectivity index (χ4n) is 3.04. The van der Waals surface area contributed by atoms with Crippen LogP contribution in [0.2, 0.25) is 0 Å². The maximum Gasteiger partial charge on any atom is 0.387 e. The number of nitrogens with one attached hydrogen (secondary N) is 1. The molecule has 1 aromatic carbocycles. The summed E-state index contributed by atoms with van der Waals surface area (Å²) in [6, 6.07) is 7.29. The molecule has 6 heteroatoms. The molecule has 2 unspecified atom stereocenters. The fourth-order valence-corrected chi connectivity index (χ4v) is 3.04. The highest BCUT2D eigenvalue weighted by Gasteiger charge is 2.23. The summed E-state index contributed by atoms with van der Waals surface area (Å²) in [5, 5.41) is 3.25. The number of hydrogen-bond donors (Lipinski definition) is 1. The first-order valence-corrected chi connectivity index (χ1v) is 7.53. The third-order valence-corrected chi connectivity index (χ3v) is 4.18. The second kappa shape index (κ2) is 9.28. The monoisotopic (exact) mass is 334 g/mol. The van der Waals surface area contributed by atoms with Crippen molar-refractivity contribution in [2.75, 3.05) is 26.7 Å². The van der Waals surface area contributed by atoms with Crippen molar-refractivity contribution in [3.63, 3.8) is 0 Å². The van der Waals surface area contributed by atoms with Crippen molar-refractivity contribution >= 4 is 12.4 Å². The summed E-state index contributed by atoms with van der Waals surface area (Å²) in [5.74, 6) is 0.903. The van der Waals surface area contributed by atoms with Crippen molar-refractivity contribution in [3.8, 4) is 5.75 Å². The van der Waals surface area contributed by atoms with E-state index < -0.39 is 6.61 Å². The number of ether oxygens (including phenoxy) is 1. The summed E-state index contributed by atoms with van der Waals surface area (Å²) >= 11 is 0. The SMILES string of the molecule is CNCC1CCCN(C(C)c2ccc(OC(F)F)cc2)C1.Cl. The standard InChI is InChI=1S/C16H24F2N2O.ClH/c1-12(20-9-3-4-13(11-20)10-19-2)14-5-7-15(8-6-14)21-16(17)18;/h5-8,12-13,16,19H,3-4,9-11H2,1-2H3;1H. The lowest BCUT2D eigenvalue weighted by Crippen LogP contribution is -2.40. The van der Waals surface area contributed by atoms with Crippen LogP contribution in [0.15, 0.2) is 24.3 Å². The maximum atomic E-state index is 12.1. The molecule has 0 saturated carbocycles. The molecule has 1 heterocycles. The van der Waals surface area contributed by atoms with E-state index in [0.29, 0.717) is 12.0 Å². The lowest BCUT2D eigenvalue weighted by Gasteiger charge is -2.37. The van der Waals surface area contributed by atoms with Crippen LogP contribution >= 0.6 is 12.4 Å². The summed E-state index contributed by atoms with van der Waals surface area (Å²) in [4.78, 5) is 2.47. The minimum Gasteiger partial charge on any atom is -0.435 e. The Morgan fingerprint density at radius 2 is 2.00 bits per heavy atom. The van der Waals surface area contributed by atoms with Gasteiger partial charge in [-0.05, 0) is 63.5 Å². The number of alkyl halides is 2. The van der Waals surface area contributed by atoms with E-state index in [-0.39, 0.29) is 18.2 Å². The predicted molar refractivity (Wildman–Crippen MR) is 87.0 cm³/mol. The van der Waals surface area contributed by atoms with Crippen molar-refractivity contribution < 1.29 is 13.5 Å². The Balaban J connectivity index is 0.00000242. The van der Waals surface area contributed by atoms with Gasteiger partial charge < -0.3 is 10.1 Å². The van der Waals surface area contributed by atoms with Crippen molar-refractivity contribution in [1.29, 1.82) is 0 Å². The molecule has 0 spiro atoms. The fraction of sp³-hybridized carbons (Fsp3) is 0.625. The number of rotatable bonds is 6. The van der Waals surface area contributed by atoms with Crippen LogP contribution < -0.4 is 10.1 Å². The van der Waals surface area contributed by atoms with Gasteiger partial charge in [0.05, 0.1) is 0 Å². The van der Waals surface area contributed by atoms with Gasteiger partial charge in [0.2, 0.25) is 0 Å². The zero-order valence-electron chi connectivity index (χ0n) is 13.1. The first-order valence-electron chi connectivity index (χ1n) is 7.53. The molecule has 0 aromatic heterocycles. The molecule has 1 fully saturated rings. The van der Waals surface area contributed by atoms with E-state index in [1.165, 1.54) is 12.8 Å². The van der Waals surface area contributed by atoms with Crippen molar-refractivity contribution in [2.45, 2.75) is 32.4 Å². The molecule has 1 saturated heterocycles. The Morgan fingerprint density at radius 3 is 2.59 bits per heavy atom. The van der Waals surface area contributed by atoms with Crippen LogP contribution in [0.25, 0.3) is 0 Å². The van der Waals surface area contributed by atoms with E-state index in [2.05, 4.69) is 21.9 Å². The Kier molecular flexibility index (Phi) is 8.07. The minimum atomic E-state index is -2.77. The third kappa shape index (κ3) is 5.38. The second-order valence-electron chi connectivity index (χ2n) is 5.68. The van der Waals surface area contributed by atoms with Crippen molar-refractivity contribution in [2.24, 2.45) is 5.92 Å². The maximum absolute atomic E-state index is 12.1. The highest BCUT2D eigenvalue weighted by Crippen LogP contribution is 2.27. The molecule has 1 aliphatic heterocycles. The number of piperidine rings is 1. The largest absolute Gasteiger partial charge is 0.435 e. The summed E-state index contributed by atoms with van der Waals surface area (Å²) in [5.41, 5.74) is 1.14. The number of likely N-dealkylation sites (tertiary alicyclic amines) is 1. The molecule has 0 bridgehead atoms. The normalized spacial score (nSPS) is 20.5. The van der Waals surface area contributed by atoms with Gasteiger partial charge >= 0.3 is 6.61 Å². The molecule has 3 nitrogen and oxygen atoms in total. The van der Waals surface area contributed by atoms with E-state index in [4.69, 9.17) is 0 Å². The molecule has 126 valence electrons. The zero-order valence-corrected chi connectivity index (χ0v) is 13.9. The molecule has 1 N–H and O–H groups in total. The van der Waals surface area contributed by atoms with Gasteiger partial charge in [-0.1, -0.05) is 12.1 Å². The van der Waals surface area contributed by atoms with Gasteiger partial charge in [-0.2, -0.15) is 8.78 Å². The average Bonchev–Trinajstić information content (AvgIpc) is 2.47. The Labute approximate surface area is 137 Å². The summed E-state index contributed by atoms with van der Waals surface area (Å²) < 4.78 is 28.7. The first kappa shape index (κ1) is 19.1. The smallest absolute Gasteiger partial charge is 0.387 e.